The number of aromatic nitrogens is 1. The number of nitrogens with one attached hydrogen (secondary N) is 1. The predicted molar refractivity (Wildman–Crippen MR) is 103 cm³/mol. The van der Waals surface area contributed by atoms with E-state index < -0.39 is 33.8 Å². The molecule has 0 saturated heterocycles. The van der Waals surface area contributed by atoms with Gasteiger partial charge in [-0.05, 0) is 82.8 Å². The van der Waals surface area contributed by atoms with Crippen molar-refractivity contribution in [1.29, 1.82) is 0 Å². The molecule has 0 bridgehead atoms. The number of pyridine rings is 1. The smallest absolute Gasteiger partial charge is 0.136 e. The van der Waals surface area contributed by atoms with Gasteiger partial charge in [0, 0.05) is 32.6 Å². The summed E-state index contributed by atoms with van der Waals surface area (Å²) in [5, 5.41) is 0. The first-order chi connectivity index (χ1) is 11.6. The van der Waals surface area contributed by atoms with Gasteiger partial charge in [0.1, 0.15) is 16.4 Å². The Morgan fingerprint density at radius 1 is 1.16 bits per heavy atom. The van der Waals surface area contributed by atoms with Crippen LogP contribution in [0, 0.1) is 11.6 Å². The molecule has 0 spiro atoms. The summed E-state index contributed by atoms with van der Waals surface area (Å²) >= 11 is 5.42. The van der Waals surface area contributed by atoms with Crippen molar-refractivity contribution in [2.45, 2.75) is 38.0 Å². The second kappa shape index (κ2) is 8.43. The van der Waals surface area contributed by atoms with Crippen molar-refractivity contribution in [3.63, 3.8) is 0 Å². The summed E-state index contributed by atoms with van der Waals surface area (Å²) in [6.07, 6.45) is 1.87. The molecule has 2 atom stereocenters. The predicted octanol–water partition coefficient (Wildman–Crippen LogP) is 5.22. The van der Waals surface area contributed by atoms with Crippen LogP contribution in [0.4, 0.5) is 8.78 Å². The van der Waals surface area contributed by atoms with Crippen LogP contribution in [0.2, 0.25) is 0 Å². The standard InChI is InChI=1S/C17H18Br2F2N2OS/c1-17(2,3)25(24)23-15(16-14(19)7-11(18)9-22-16)6-10-4-12(20)8-13(21)5-10/h4-5,7-9,15,23H,6H2,1-3H3/t15-,25?/m0/s1. The van der Waals surface area contributed by atoms with Crippen LogP contribution in [0.25, 0.3) is 0 Å². The molecule has 1 unspecified atom stereocenters. The Morgan fingerprint density at radius 3 is 2.28 bits per heavy atom. The molecule has 25 heavy (non-hydrogen) atoms. The van der Waals surface area contributed by atoms with E-state index in [-0.39, 0.29) is 6.42 Å². The summed E-state index contributed by atoms with van der Waals surface area (Å²) in [5.41, 5.74) is 1.07. The first kappa shape index (κ1) is 20.8. The summed E-state index contributed by atoms with van der Waals surface area (Å²) < 4.78 is 43.6. The molecule has 0 fully saturated rings. The molecular weight excluding hydrogens is 478 g/mol. The van der Waals surface area contributed by atoms with Gasteiger partial charge < -0.3 is 4.55 Å². The molecule has 0 amide bonds. The van der Waals surface area contributed by atoms with Crippen molar-refractivity contribution in [3.05, 3.63) is 62.3 Å². The minimum Gasteiger partial charge on any atom is -0.598 e. The molecule has 0 radical (unpaired) electrons. The van der Waals surface area contributed by atoms with E-state index in [0.29, 0.717) is 15.7 Å². The van der Waals surface area contributed by atoms with Crippen LogP contribution >= 0.6 is 31.9 Å². The largest absolute Gasteiger partial charge is 0.598 e. The van der Waals surface area contributed by atoms with Gasteiger partial charge in [-0.1, -0.05) is 0 Å². The normalized spacial score (nSPS) is 14.4. The van der Waals surface area contributed by atoms with E-state index in [0.717, 1.165) is 10.5 Å². The highest BCUT2D eigenvalue weighted by molar-refractivity contribution is 9.11. The van der Waals surface area contributed by atoms with Crippen LogP contribution in [-0.4, -0.2) is 14.3 Å². The number of benzene rings is 1. The maximum absolute atomic E-state index is 13.5. The zero-order valence-electron chi connectivity index (χ0n) is 13.9. The zero-order chi connectivity index (χ0) is 18.8. The minimum absolute atomic E-state index is 0.240. The number of nitrogens with zero attached hydrogens (tertiary/aromatic N) is 1. The first-order valence-electron chi connectivity index (χ1n) is 7.50. The Labute approximate surface area is 166 Å². The third-order valence-electron chi connectivity index (χ3n) is 3.33. The van der Waals surface area contributed by atoms with Crippen LogP contribution in [0.15, 0.2) is 39.4 Å². The van der Waals surface area contributed by atoms with Crippen molar-refractivity contribution in [2.24, 2.45) is 0 Å². The summed E-state index contributed by atoms with van der Waals surface area (Å²) in [5.74, 6) is -1.29. The van der Waals surface area contributed by atoms with Crippen LogP contribution in [0.3, 0.4) is 0 Å². The molecule has 8 heteroatoms. The van der Waals surface area contributed by atoms with E-state index in [1.54, 1.807) is 6.20 Å². The van der Waals surface area contributed by atoms with Gasteiger partial charge >= 0.3 is 0 Å². The van der Waals surface area contributed by atoms with Crippen molar-refractivity contribution in [2.75, 3.05) is 0 Å². The molecule has 0 aliphatic carbocycles. The van der Waals surface area contributed by atoms with Crippen LogP contribution in [-0.2, 0) is 17.8 Å². The maximum Gasteiger partial charge on any atom is 0.136 e. The lowest BCUT2D eigenvalue weighted by Gasteiger charge is -2.28. The fourth-order valence-corrected chi connectivity index (χ4v) is 4.22. The number of halogens is 4. The Kier molecular flexibility index (Phi) is 7.01. The van der Waals surface area contributed by atoms with E-state index in [1.807, 2.05) is 26.8 Å². The topological polar surface area (TPSA) is 48.0 Å². The van der Waals surface area contributed by atoms with Crippen molar-refractivity contribution >= 4 is 43.2 Å². The van der Waals surface area contributed by atoms with Gasteiger partial charge in [-0.15, -0.1) is 4.72 Å². The third-order valence-corrected chi connectivity index (χ3v) is 6.01. The van der Waals surface area contributed by atoms with Crippen molar-refractivity contribution in [1.82, 2.24) is 9.71 Å². The Morgan fingerprint density at radius 2 is 1.76 bits per heavy atom. The highest BCUT2D eigenvalue weighted by Crippen LogP contribution is 2.29. The summed E-state index contributed by atoms with van der Waals surface area (Å²) in [6.45, 7) is 5.54. The van der Waals surface area contributed by atoms with Gasteiger partial charge in [-0.2, -0.15) is 0 Å². The lowest BCUT2D eigenvalue weighted by atomic mass is 10.0. The van der Waals surface area contributed by atoms with E-state index in [4.69, 9.17) is 0 Å². The Bertz CT molecular complexity index is 736. The Hall–Kier alpha value is -0.540. The fourth-order valence-electron chi connectivity index (χ4n) is 2.15. The monoisotopic (exact) mass is 494 g/mol. The van der Waals surface area contributed by atoms with Crippen LogP contribution in [0.5, 0.6) is 0 Å². The van der Waals surface area contributed by atoms with E-state index >= 15 is 0 Å². The summed E-state index contributed by atoms with van der Waals surface area (Å²) in [7, 11) is 0. The molecule has 1 N–H and O–H groups in total. The van der Waals surface area contributed by atoms with Crippen molar-refractivity contribution < 1.29 is 13.3 Å². The second-order valence-corrected chi connectivity index (χ2v) is 10.3. The molecule has 1 aromatic heterocycles. The van der Waals surface area contributed by atoms with Crippen LogP contribution < -0.4 is 4.72 Å². The summed E-state index contributed by atoms with van der Waals surface area (Å²) in [4.78, 5) is 4.38. The molecule has 1 heterocycles. The van der Waals surface area contributed by atoms with Gasteiger partial charge in [-0.25, -0.2) is 8.78 Å². The van der Waals surface area contributed by atoms with Gasteiger partial charge in [0.25, 0.3) is 0 Å². The quantitative estimate of drug-likeness (QED) is 0.578. The molecule has 136 valence electrons. The highest BCUT2D eigenvalue weighted by Gasteiger charge is 2.31. The average Bonchev–Trinajstić information content (AvgIpc) is 2.44. The third kappa shape index (κ3) is 5.99. The fraction of sp³-hybridized carbons (Fsp3) is 0.353. The Balaban J connectivity index is 2.37. The number of hydrogen-bond acceptors (Lipinski definition) is 3. The van der Waals surface area contributed by atoms with Gasteiger partial charge in [0.15, 0.2) is 0 Å². The molecule has 2 rings (SSSR count). The highest BCUT2D eigenvalue weighted by atomic mass is 79.9. The molecular formula is C17H18Br2F2N2OS. The lowest BCUT2D eigenvalue weighted by molar-refractivity contribution is 0.516. The zero-order valence-corrected chi connectivity index (χ0v) is 17.9. The minimum atomic E-state index is -1.38. The van der Waals surface area contributed by atoms with E-state index in [2.05, 4.69) is 41.6 Å². The summed E-state index contributed by atoms with van der Waals surface area (Å²) in [6, 6.07) is 4.70. The molecule has 2 aromatic rings. The number of hydrogen-bond donors (Lipinski definition) is 1. The molecule has 1 aromatic carbocycles. The van der Waals surface area contributed by atoms with E-state index in [9.17, 15) is 13.3 Å². The van der Waals surface area contributed by atoms with Gasteiger partial charge in [0.2, 0.25) is 0 Å². The first-order valence-corrected chi connectivity index (χ1v) is 10.2. The molecule has 0 aliphatic heterocycles. The SMILES string of the molecule is CC(C)(C)[S+]([O-])N[C@@H](Cc1cc(F)cc(F)c1)c1ncc(Br)cc1Br. The maximum atomic E-state index is 13.5. The molecule has 3 nitrogen and oxygen atoms in total. The van der Waals surface area contributed by atoms with Gasteiger partial charge in [0.05, 0.1) is 11.7 Å². The van der Waals surface area contributed by atoms with Crippen LogP contribution in [0.1, 0.15) is 38.1 Å². The molecule has 0 saturated carbocycles. The number of rotatable bonds is 5. The van der Waals surface area contributed by atoms with Gasteiger partial charge in [-0.3, -0.25) is 4.98 Å². The average molecular weight is 496 g/mol. The second-order valence-electron chi connectivity index (χ2n) is 6.55. The van der Waals surface area contributed by atoms with E-state index in [1.165, 1.54) is 12.1 Å². The molecule has 0 aliphatic rings. The van der Waals surface area contributed by atoms with Crippen molar-refractivity contribution in [3.8, 4) is 0 Å². The lowest BCUT2D eigenvalue weighted by Crippen LogP contribution is -2.42.